The van der Waals surface area contributed by atoms with Crippen molar-refractivity contribution >= 4 is 11.5 Å². The van der Waals surface area contributed by atoms with Crippen molar-refractivity contribution in [2.75, 3.05) is 46.4 Å². The van der Waals surface area contributed by atoms with E-state index in [1.54, 1.807) is 13.2 Å². The van der Waals surface area contributed by atoms with Gasteiger partial charge < -0.3 is 14.7 Å². The summed E-state index contributed by atoms with van der Waals surface area (Å²) >= 11 is 0. The minimum absolute atomic E-state index is 0.0527. The first-order valence-corrected chi connectivity index (χ1v) is 7.59. The number of carbonyl (C=O) groups is 1. The molecule has 1 fully saturated rings. The standard InChI is InChI=1S/C17H24N2O3/c1-14(15-3-5-16(22-2)6-4-15)13-17(21)19-9-7-18(8-10-19)11-12-20/h3-6,13,20H,7-12H2,1-2H3/b14-13+. The molecule has 120 valence electrons. The monoisotopic (exact) mass is 304 g/mol. The van der Waals surface area contributed by atoms with E-state index in [0.717, 1.165) is 30.0 Å². The third-order valence-electron chi connectivity index (χ3n) is 3.99. The van der Waals surface area contributed by atoms with Gasteiger partial charge in [0.05, 0.1) is 13.7 Å². The molecule has 1 aliphatic heterocycles. The van der Waals surface area contributed by atoms with Crippen molar-refractivity contribution in [3.05, 3.63) is 35.9 Å². The molecule has 1 aliphatic rings. The van der Waals surface area contributed by atoms with E-state index in [4.69, 9.17) is 9.84 Å². The molecule has 5 heteroatoms. The largest absolute Gasteiger partial charge is 0.497 e. The van der Waals surface area contributed by atoms with Crippen molar-refractivity contribution in [2.24, 2.45) is 0 Å². The minimum atomic E-state index is 0.0527. The van der Waals surface area contributed by atoms with E-state index < -0.39 is 0 Å². The second-order valence-electron chi connectivity index (χ2n) is 5.45. The number of aliphatic hydroxyl groups excluding tert-OH is 1. The first-order valence-electron chi connectivity index (χ1n) is 7.59. The van der Waals surface area contributed by atoms with Crippen LogP contribution in [-0.4, -0.2) is 67.3 Å². The highest BCUT2D eigenvalue weighted by Gasteiger charge is 2.19. The fraction of sp³-hybridized carbons (Fsp3) is 0.471. The number of benzene rings is 1. The van der Waals surface area contributed by atoms with Crippen LogP contribution in [0.3, 0.4) is 0 Å². The van der Waals surface area contributed by atoms with Gasteiger partial charge in [0.15, 0.2) is 0 Å². The average Bonchev–Trinajstić information content (AvgIpc) is 2.55. The Kier molecular flexibility index (Phi) is 5.98. The summed E-state index contributed by atoms with van der Waals surface area (Å²) in [5, 5.41) is 8.94. The Balaban J connectivity index is 1.94. The van der Waals surface area contributed by atoms with Crippen LogP contribution in [0.15, 0.2) is 30.3 Å². The van der Waals surface area contributed by atoms with E-state index >= 15 is 0 Å². The predicted molar refractivity (Wildman–Crippen MR) is 86.8 cm³/mol. The first-order chi connectivity index (χ1) is 10.6. The van der Waals surface area contributed by atoms with Crippen molar-refractivity contribution in [3.63, 3.8) is 0 Å². The van der Waals surface area contributed by atoms with Crippen molar-refractivity contribution in [3.8, 4) is 5.75 Å². The summed E-state index contributed by atoms with van der Waals surface area (Å²) in [5.41, 5.74) is 1.97. The van der Waals surface area contributed by atoms with Gasteiger partial charge >= 0.3 is 0 Å². The van der Waals surface area contributed by atoms with Crippen LogP contribution in [0.4, 0.5) is 0 Å². The summed E-state index contributed by atoms with van der Waals surface area (Å²) in [4.78, 5) is 16.4. The molecule has 0 unspecified atom stereocenters. The molecule has 0 saturated carbocycles. The van der Waals surface area contributed by atoms with Gasteiger partial charge in [0.2, 0.25) is 5.91 Å². The van der Waals surface area contributed by atoms with E-state index in [1.165, 1.54) is 0 Å². The molecule has 2 rings (SSSR count). The van der Waals surface area contributed by atoms with E-state index in [-0.39, 0.29) is 12.5 Å². The van der Waals surface area contributed by atoms with Gasteiger partial charge in [0.25, 0.3) is 0 Å². The molecule has 1 N–H and O–H groups in total. The number of hydrogen-bond acceptors (Lipinski definition) is 4. The Morgan fingerprint density at radius 1 is 1.23 bits per heavy atom. The Bertz CT molecular complexity index is 517. The van der Waals surface area contributed by atoms with Gasteiger partial charge in [-0.25, -0.2) is 0 Å². The summed E-state index contributed by atoms with van der Waals surface area (Å²) in [6.07, 6.45) is 1.70. The number of rotatable bonds is 5. The van der Waals surface area contributed by atoms with Crippen LogP contribution in [0.1, 0.15) is 12.5 Å². The molecule has 0 atom stereocenters. The first kappa shape index (κ1) is 16.5. The normalized spacial score (nSPS) is 16.7. The summed E-state index contributed by atoms with van der Waals surface area (Å²) < 4.78 is 5.14. The molecular weight excluding hydrogens is 280 g/mol. The Morgan fingerprint density at radius 2 is 1.86 bits per heavy atom. The number of methoxy groups -OCH3 is 1. The maximum atomic E-state index is 12.3. The zero-order chi connectivity index (χ0) is 15.9. The van der Waals surface area contributed by atoms with Gasteiger partial charge in [0.1, 0.15) is 5.75 Å². The number of nitrogens with zero attached hydrogens (tertiary/aromatic N) is 2. The van der Waals surface area contributed by atoms with Crippen LogP contribution in [-0.2, 0) is 4.79 Å². The maximum absolute atomic E-state index is 12.3. The number of amides is 1. The summed E-state index contributed by atoms with van der Waals surface area (Å²) in [5.74, 6) is 0.861. The van der Waals surface area contributed by atoms with E-state index in [0.29, 0.717) is 19.6 Å². The number of piperazine rings is 1. The van der Waals surface area contributed by atoms with Gasteiger partial charge in [-0.15, -0.1) is 0 Å². The molecule has 0 aromatic heterocycles. The topological polar surface area (TPSA) is 53.0 Å². The van der Waals surface area contributed by atoms with Crippen LogP contribution < -0.4 is 4.74 Å². The molecule has 1 saturated heterocycles. The van der Waals surface area contributed by atoms with Gasteiger partial charge in [0, 0.05) is 38.8 Å². The molecule has 5 nitrogen and oxygen atoms in total. The summed E-state index contributed by atoms with van der Waals surface area (Å²) in [7, 11) is 1.64. The lowest BCUT2D eigenvalue weighted by atomic mass is 10.1. The lowest BCUT2D eigenvalue weighted by Crippen LogP contribution is -2.48. The van der Waals surface area contributed by atoms with Crippen LogP contribution in [0.25, 0.3) is 5.57 Å². The third kappa shape index (κ3) is 4.32. The van der Waals surface area contributed by atoms with Gasteiger partial charge in [-0.2, -0.15) is 0 Å². The molecule has 1 amide bonds. The maximum Gasteiger partial charge on any atom is 0.246 e. The number of hydrogen-bond donors (Lipinski definition) is 1. The van der Waals surface area contributed by atoms with Crippen LogP contribution in [0, 0.1) is 0 Å². The zero-order valence-electron chi connectivity index (χ0n) is 13.3. The van der Waals surface area contributed by atoms with Gasteiger partial charge in [-0.1, -0.05) is 12.1 Å². The molecule has 1 aromatic rings. The Labute approximate surface area is 131 Å². The second-order valence-corrected chi connectivity index (χ2v) is 5.45. The van der Waals surface area contributed by atoms with Gasteiger partial charge in [-0.3, -0.25) is 9.69 Å². The highest BCUT2D eigenvalue weighted by atomic mass is 16.5. The van der Waals surface area contributed by atoms with E-state index in [1.807, 2.05) is 36.1 Å². The fourth-order valence-corrected chi connectivity index (χ4v) is 2.55. The molecule has 0 radical (unpaired) electrons. The van der Waals surface area contributed by atoms with E-state index in [2.05, 4.69) is 4.90 Å². The molecule has 1 aromatic carbocycles. The highest BCUT2D eigenvalue weighted by molar-refractivity contribution is 5.95. The van der Waals surface area contributed by atoms with Crippen LogP contribution in [0.2, 0.25) is 0 Å². The number of carbonyl (C=O) groups excluding carboxylic acids is 1. The highest BCUT2D eigenvalue weighted by Crippen LogP contribution is 2.18. The Morgan fingerprint density at radius 3 is 2.41 bits per heavy atom. The minimum Gasteiger partial charge on any atom is -0.497 e. The lowest BCUT2D eigenvalue weighted by molar-refractivity contribution is -0.127. The molecule has 0 aliphatic carbocycles. The van der Waals surface area contributed by atoms with Crippen molar-refractivity contribution in [2.45, 2.75) is 6.92 Å². The Hall–Kier alpha value is -1.85. The number of β-amino-alcohol motifs (C(OH)–C–C–N with tert-alkyl or cyclic N) is 1. The molecule has 0 bridgehead atoms. The average molecular weight is 304 g/mol. The zero-order valence-corrected chi connectivity index (χ0v) is 13.3. The number of aliphatic hydroxyl groups is 1. The number of allylic oxidation sites excluding steroid dienone is 1. The van der Waals surface area contributed by atoms with Crippen molar-refractivity contribution in [1.29, 1.82) is 0 Å². The van der Waals surface area contributed by atoms with Gasteiger partial charge in [-0.05, 0) is 30.2 Å². The quantitative estimate of drug-likeness (QED) is 0.832. The summed E-state index contributed by atoms with van der Waals surface area (Å²) in [6, 6.07) is 7.70. The van der Waals surface area contributed by atoms with Crippen LogP contribution >= 0.6 is 0 Å². The molecule has 1 heterocycles. The lowest BCUT2D eigenvalue weighted by Gasteiger charge is -2.33. The summed E-state index contributed by atoms with van der Waals surface area (Å²) in [6.45, 7) is 5.87. The third-order valence-corrected chi connectivity index (χ3v) is 3.99. The van der Waals surface area contributed by atoms with Crippen molar-refractivity contribution in [1.82, 2.24) is 9.80 Å². The number of ether oxygens (including phenoxy) is 1. The van der Waals surface area contributed by atoms with E-state index in [9.17, 15) is 4.79 Å². The van der Waals surface area contributed by atoms with Crippen LogP contribution in [0.5, 0.6) is 5.75 Å². The fourth-order valence-electron chi connectivity index (χ4n) is 2.55. The SMILES string of the molecule is COc1ccc(/C(C)=C/C(=O)N2CCN(CCO)CC2)cc1. The smallest absolute Gasteiger partial charge is 0.246 e. The van der Waals surface area contributed by atoms with Crippen molar-refractivity contribution < 1.29 is 14.6 Å². The molecular formula is C17H24N2O3. The molecule has 0 spiro atoms. The second kappa shape index (κ2) is 7.96. The molecule has 22 heavy (non-hydrogen) atoms. The predicted octanol–water partition coefficient (Wildman–Crippen LogP) is 1.23.